The fourth-order valence-electron chi connectivity index (χ4n) is 1.80. The van der Waals surface area contributed by atoms with Crippen LogP contribution in [-0.2, 0) is 4.74 Å². The molecule has 1 N–H and O–H groups in total. The van der Waals surface area contributed by atoms with Gasteiger partial charge in [0.25, 0.3) is 0 Å². The molecule has 82 valence electrons. The van der Waals surface area contributed by atoms with Crippen molar-refractivity contribution in [3.63, 3.8) is 0 Å². The Bertz CT molecular complexity index is 310. The van der Waals surface area contributed by atoms with E-state index in [2.05, 4.69) is 5.32 Å². The van der Waals surface area contributed by atoms with Crippen LogP contribution in [0.15, 0.2) is 24.3 Å². The molecule has 0 spiro atoms. The molecule has 3 heteroatoms. The minimum absolute atomic E-state index is 0.204. The summed E-state index contributed by atoms with van der Waals surface area (Å²) < 4.78 is 18.4. The van der Waals surface area contributed by atoms with E-state index in [0.717, 1.165) is 31.7 Å². The molecule has 1 aliphatic heterocycles. The van der Waals surface area contributed by atoms with Gasteiger partial charge in [-0.3, -0.25) is 0 Å². The Morgan fingerprint density at radius 2 is 2.33 bits per heavy atom. The second-order valence-corrected chi connectivity index (χ2v) is 3.88. The van der Waals surface area contributed by atoms with Gasteiger partial charge in [0.2, 0.25) is 0 Å². The molecule has 1 aromatic rings. The molecule has 0 aromatic heterocycles. The highest BCUT2D eigenvalue weighted by Gasteiger charge is 2.12. The van der Waals surface area contributed by atoms with E-state index >= 15 is 0 Å². The molecule has 0 saturated carbocycles. The van der Waals surface area contributed by atoms with Gasteiger partial charge in [-0.25, -0.2) is 4.39 Å². The molecule has 1 saturated heterocycles. The molecule has 0 aliphatic carbocycles. The number of ether oxygens (including phenoxy) is 1. The lowest BCUT2D eigenvalue weighted by Crippen LogP contribution is -2.26. The van der Waals surface area contributed by atoms with Crippen molar-refractivity contribution in [2.45, 2.75) is 25.4 Å². The maximum atomic E-state index is 12.9. The van der Waals surface area contributed by atoms with Crippen LogP contribution in [0.25, 0.3) is 0 Å². The van der Waals surface area contributed by atoms with Crippen LogP contribution in [0.4, 0.5) is 10.1 Å². The zero-order valence-corrected chi connectivity index (χ0v) is 8.71. The third kappa shape index (κ3) is 3.20. The first-order valence-corrected chi connectivity index (χ1v) is 5.45. The number of rotatable bonds is 3. The minimum Gasteiger partial charge on any atom is -0.382 e. The smallest absolute Gasteiger partial charge is 0.125 e. The van der Waals surface area contributed by atoms with Crippen LogP contribution in [0.2, 0.25) is 0 Å². The highest BCUT2D eigenvalue weighted by Crippen LogP contribution is 2.14. The summed E-state index contributed by atoms with van der Waals surface area (Å²) in [5.41, 5.74) is 0.823. The molecule has 1 fully saturated rings. The largest absolute Gasteiger partial charge is 0.382 e. The maximum Gasteiger partial charge on any atom is 0.125 e. The van der Waals surface area contributed by atoms with Crippen molar-refractivity contribution in [3.05, 3.63) is 30.1 Å². The molecule has 1 aromatic carbocycles. The van der Waals surface area contributed by atoms with Crippen LogP contribution < -0.4 is 5.32 Å². The number of benzene rings is 1. The van der Waals surface area contributed by atoms with Crippen molar-refractivity contribution >= 4 is 5.69 Å². The predicted octanol–water partition coefficient (Wildman–Crippen LogP) is 2.81. The molecular weight excluding hydrogens is 193 g/mol. The van der Waals surface area contributed by atoms with Gasteiger partial charge >= 0.3 is 0 Å². The van der Waals surface area contributed by atoms with Crippen molar-refractivity contribution in [3.8, 4) is 0 Å². The van der Waals surface area contributed by atoms with E-state index in [1.807, 2.05) is 6.07 Å². The minimum atomic E-state index is -0.204. The second kappa shape index (κ2) is 5.12. The third-order valence-corrected chi connectivity index (χ3v) is 2.63. The van der Waals surface area contributed by atoms with Crippen molar-refractivity contribution < 1.29 is 9.13 Å². The second-order valence-electron chi connectivity index (χ2n) is 3.88. The van der Waals surface area contributed by atoms with Gasteiger partial charge in [0.1, 0.15) is 5.82 Å². The van der Waals surface area contributed by atoms with E-state index in [-0.39, 0.29) is 11.9 Å². The summed E-state index contributed by atoms with van der Waals surface area (Å²) in [6.45, 7) is 1.62. The SMILES string of the molecule is Fc1cccc(NCC2CCCCO2)c1. The van der Waals surface area contributed by atoms with E-state index < -0.39 is 0 Å². The molecule has 2 nitrogen and oxygen atoms in total. The number of halogens is 1. The molecule has 0 bridgehead atoms. The fraction of sp³-hybridized carbons (Fsp3) is 0.500. The van der Waals surface area contributed by atoms with Gasteiger partial charge in [0, 0.05) is 18.8 Å². The van der Waals surface area contributed by atoms with Crippen LogP contribution in [-0.4, -0.2) is 19.3 Å². The van der Waals surface area contributed by atoms with Crippen LogP contribution in [0.1, 0.15) is 19.3 Å². The molecule has 1 atom stereocenters. The van der Waals surface area contributed by atoms with E-state index in [4.69, 9.17) is 4.74 Å². The summed E-state index contributed by atoms with van der Waals surface area (Å²) in [5.74, 6) is -0.204. The first-order valence-electron chi connectivity index (χ1n) is 5.45. The van der Waals surface area contributed by atoms with Crippen molar-refractivity contribution in [1.82, 2.24) is 0 Å². The molecule has 1 heterocycles. The first-order chi connectivity index (χ1) is 7.34. The lowest BCUT2D eigenvalue weighted by atomic mass is 10.1. The lowest BCUT2D eigenvalue weighted by Gasteiger charge is -2.23. The Labute approximate surface area is 89.4 Å². The lowest BCUT2D eigenvalue weighted by molar-refractivity contribution is 0.0247. The Hall–Kier alpha value is -1.09. The summed E-state index contributed by atoms with van der Waals surface area (Å²) in [4.78, 5) is 0. The molecule has 15 heavy (non-hydrogen) atoms. The topological polar surface area (TPSA) is 21.3 Å². The Morgan fingerprint density at radius 3 is 3.07 bits per heavy atom. The number of hydrogen-bond acceptors (Lipinski definition) is 2. The Morgan fingerprint density at radius 1 is 1.40 bits per heavy atom. The monoisotopic (exact) mass is 209 g/mol. The highest BCUT2D eigenvalue weighted by atomic mass is 19.1. The van der Waals surface area contributed by atoms with Gasteiger partial charge in [0.05, 0.1) is 6.10 Å². The van der Waals surface area contributed by atoms with Gasteiger partial charge in [0.15, 0.2) is 0 Å². The molecule has 1 unspecified atom stereocenters. The van der Waals surface area contributed by atoms with Crippen molar-refractivity contribution in [2.75, 3.05) is 18.5 Å². The summed E-state index contributed by atoms with van der Waals surface area (Å²) in [6.07, 6.45) is 3.77. The highest BCUT2D eigenvalue weighted by molar-refractivity contribution is 5.43. The van der Waals surface area contributed by atoms with Crippen LogP contribution >= 0.6 is 0 Å². The molecule has 0 amide bonds. The number of hydrogen-bond donors (Lipinski definition) is 1. The zero-order chi connectivity index (χ0) is 10.5. The van der Waals surface area contributed by atoms with Gasteiger partial charge in [-0.05, 0) is 37.5 Å². The zero-order valence-electron chi connectivity index (χ0n) is 8.71. The first kappa shape index (κ1) is 10.4. The Kier molecular flexibility index (Phi) is 3.56. The summed E-state index contributed by atoms with van der Waals surface area (Å²) >= 11 is 0. The molecular formula is C12H16FNO. The van der Waals surface area contributed by atoms with E-state index in [1.54, 1.807) is 6.07 Å². The van der Waals surface area contributed by atoms with Crippen LogP contribution in [0, 0.1) is 5.82 Å². The quantitative estimate of drug-likeness (QED) is 0.826. The van der Waals surface area contributed by atoms with E-state index in [9.17, 15) is 4.39 Å². The van der Waals surface area contributed by atoms with E-state index in [0.29, 0.717) is 0 Å². The average Bonchev–Trinajstić information content (AvgIpc) is 2.28. The van der Waals surface area contributed by atoms with Crippen molar-refractivity contribution in [1.29, 1.82) is 0 Å². The Balaban J connectivity index is 1.81. The summed E-state index contributed by atoms with van der Waals surface area (Å²) in [7, 11) is 0. The number of anilines is 1. The molecule has 2 rings (SSSR count). The summed E-state index contributed by atoms with van der Waals surface area (Å²) in [5, 5.41) is 3.19. The van der Waals surface area contributed by atoms with Gasteiger partial charge in [-0.1, -0.05) is 6.07 Å². The normalized spacial score (nSPS) is 21.3. The summed E-state index contributed by atoms with van der Waals surface area (Å²) in [6, 6.07) is 6.52. The van der Waals surface area contributed by atoms with Crippen molar-refractivity contribution in [2.24, 2.45) is 0 Å². The molecule has 0 radical (unpaired) electrons. The molecule has 1 aliphatic rings. The van der Waals surface area contributed by atoms with Crippen LogP contribution in [0.3, 0.4) is 0 Å². The fourth-order valence-corrected chi connectivity index (χ4v) is 1.80. The third-order valence-electron chi connectivity index (χ3n) is 2.63. The van der Waals surface area contributed by atoms with E-state index in [1.165, 1.54) is 18.6 Å². The standard InChI is InChI=1S/C12H16FNO/c13-10-4-3-5-11(8-10)14-9-12-6-1-2-7-15-12/h3-5,8,12,14H,1-2,6-7,9H2. The number of nitrogens with one attached hydrogen (secondary N) is 1. The van der Waals surface area contributed by atoms with Gasteiger partial charge in [-0.15, -0.1) is 0 Å². The van der Waals surface area contributed by atoms with Crippen LogP contribution in [0.5, 0.6) is 0 Å². The predicted molar refractivity (Wildman–Crippen MR) is 58.5 cm³/mol. The average molecular weight is 209 g/mol. The van der Waals surface area contributed by atoms with Gasteiger partial charge < -0.3 is 10.1 Å². The van der Waals surface area contributed by atoms with Gasteiger partial charge in [-0.2, -0.15) is 0 Å². The maximum absolute atomic E-state index is 12.9.